The standard InChI is InChI=1S/C21H22N2O5S/c1-27-20(25)14-8-9-15(21(26)28-2)16(12-14)22-19(24)13-23-10-5-11-29-18-7-4-3-6-17(18)23/h3-4,6-9,12H,5,10-11,13H2,1-2H3,(H,22,24). The average Bonchev–Trinajstić information content (AvgIpc) is 2.94. The summed E-state index contributed by atoms with van der Waals surface area (Å²) in [7, 11) is 2.53. The maximum Gasteiger partial charge on any atom is 0.339 e. The van der Waals surface area contributed by atoms with E-state index in [2.05, 4.69) is 5.32 Å². The number of amides is 1. The molecular formula is C21H22N2O5S. The Morgan fingerprint density at radius 2 is 1.83 bits per heavy atom. The molecule has 0 aliphatic carbocycles. The van der Waals surface area contributed by atoms with Crippen molar-refractivity contribution in [2.24, 2.45) is 0 Å². The number of carbonyl (C=O) groups excluding carboxylic acids is 3. The molecule has 1 aliphatic rings. The van der Waals surface area contributed by atoms with Gasteiger partial charge in [0.05, 0.1) is 43.3 Å². The molecule has 7 nitrogen and oxygen atoms in total. The third kappa shape index (κ3) is 4.89. The zero-order valence-electron chi connectivity index (χ0n) is 16.3. The van der Waals surface area contributed by atoms with E-state index in [9.17, 15) is 14.4 Å². The highest BCUT2D eigenvalue weighted by molar-refractivity contribution is 7.99. The summed E-state index contributed by atoms with van der Waals surface area (Å²) >= 11 is 1.78. The Bertz CT molecular complexity index is 931. The van der Waals surface area contributed by atoms with E-state index in [0.29, 0.717) is 0 Å². The first kappa shape index (κ1) is 20.7. The molecule has 0 aromatic heterocycles. The monoisotopic (exact) mass is 414 g/mol. The normalized spacial score (nSPS) is 13.1. The summed E-state index contributed by atoms with van der Waals surface area (Å²) in [6.07, 6.45) is 0.956. The van der Waals surface area contributed by atoms with Crippen molar-refractivity contribution in [3.8, 4) is 0 Å². The van der Waals surface area contributed by atoms with Crippen molar-refractivity contribution >= 4 is 41.0 Å². The Balaban J connectivity index is 1.83. The number of thioether (sulfide) groups is 1. The summed E-state index contributed by atoms with van der Waals surface area (Å²) < 4.78 is 9.50. The molecule has 0 saturated heterocycles. The number of esters is 2. The minimum Gasteiger partial charge on any atom is -0.465 e. The van der Waals surface area contributed by atoms with Gasteiger partial charge in [0, 0.05) is 11.4 Å². The van der Waals surface area contributed by atoms with Crippen LogP contribution in [0.25, 0.3) is 0 Å². The summed E-state index contributed by atoms with van der Waals surface area (Å²) in [4.78, 5) is 39.8. The second-order valence-corrected chi connectivity index (χ2v) is 7.52. The van der Waals surface area contributed by atoms with Crippen LogP contribution in [0.5, 0.6) is 0 Å². The zero-order chi connectivity index (χ0) is 20.8. The maximum atomic E-state index is 12.8. The number of methoxy groups -OCH3 is 2. The van der Waals surface area contributed by atoms with Crippen LogP contribution in [0.1, 0.15) is 27.1 Å². The number of hydrogen-bond acceptors (Lipinski definition) is 7. The number of anilines is 2. The minimum absolute atomic E-state index is 0.126. The molecule has 1 amide bonds. The lowest BCUT2D eigenvalue weighted by Crippen LogP contribution is -2.34. The number of nitrogens with one attached hydrogen (secondary N) is 1. The SMILES string of the molecule is COC(=O)c1ccc(C(=O)OC)c(NC(=O)CN2CCCSc3ccccc32)c1. The average molecular weight is 414 g/mol. The van der Waals surface area contributed by atoms with E-state index in [4.69, 9.17) is 9.47 Å². The van der Waals surface area contributed by atoms with Crippen molar-refractivity contribution in [1.82, 2.24) is 0 Å². The summed E-state index contributed by atoms with van der Waals surface area (Å²) in [6, 6.07) is 12.3. The van der Waals surface area contributed by atoms with Crippen LogP contribution in [0.4, 0.5) is 11.4 Å². The van der Waals surface area contributed by atoms with E-state index in [1.165, 1.54) is 32.4 Å². The summed E-state index contributed by atoms with van der Waals surface area (Å²) in [5, 5.41) is 2.75. The Labute approximate surface area is 173 Å². The molecule has 152 valence electrons. The fourth-order valence-electron chi connectivity index (χ4n) is 3.11. The third-order valence-corrected chi connectivity index (χ3v) is 5.64. The largest absolute Gasteiger partial charge is 0.465 e. The Kier molecular flexibility index (Phi) is 6.77. The van der Waals surface area contributed by atoms with Gasteiger partial charge in [-0.2, -0.15) is 0 Å². The predicted molar refractivity (Wildman–Crippen MR) is 112 cm³/mol. The van der Waals surface area contributed by atoms with Crippen molar-refractivity contribution < 1.29 is 23.9 Å². The van der Waals surface area contributed by atoms with E-state index in [1.54, 1.807) is 11.8 Å². The van der Waals surface area contributed by atoms with Gasteiger partial charge >= 0.3 is 11.9 Å². The van der Waals surface area contributed by atoms with Crippen LogP contribution in [0.15, 0.2) is 47.4 Å². The number of nitrogens with zero attached hydrogens (tertiary/aromatic N) is 1. The van der Waals surface area contributed by atoms with E-state index in [-0.39, 0.29) is 29.3 Å². The van der Waals surface area contributed by atoms with Gasteiger partial charge < -0.3 is 19.7 Å². The molecule has 1 N–H and O–H groups in total. The first-order chi connectivity index (χ1) is 14.0. The van der Waals surface area contributed by atoms with Crippen molar-refractivity contribution in [2.75, 3.05) is 43.3 Å². The van der Waals surface area contributed by atoms with Crippen molar-refractivity contribution in [3.05, 3.63) is 53.6 Å². The van der Waals surface area contributed by atoms with Crippen LogP contribution in [0.3, 0.4) is 0 Å². The number of fused-ring (bicyclic) bond motifs is 1. The molecular weight excluding hydrogens is 392 g/mol. The van der Waals surface area contributed by atoms with E-state index in [0.717, 1.165) is 29.3 Å². The highest BCUT2D eigenvalue weighted by atomic mass is 32.2. The number of rotatable bonds is 5. The predicted octanol–water partition coefficient (Wildman–Crippen LogP) is 3.20. The molecule has 2 aromatic rings. The van der Waals surface area contributed by atoms with Gasteiger partial charge in [-0.05, 0) is 42.5 Å². The van der Waals surface area contributed by atoms with Crippen LogP contribution in [-0.4, -0.2) is 50.9 Å². The number of benzene rings is 2. The quantitative estimate of drug-likeness (QED) is 0.752. The molecule has 1 aliphatic heterocycles. The van der Waals surface area contributed by atoms with Gasteiger partial charge in [0.1, 0.15) is 0 Å². The summed E-state index contributed by atoms with van der Waals surface area (Å²) in [6.45, 7) is 0.879. The maximum absolute atomic E-state index is 12.8. The fraction of sp³-hybridized carbons (Fsp3) is 0.286. The van der Waals surface area contributed by atoms with Crippen LogP contribution in [0, 0.1) is 0 Å². The van der Waals surface area contributed by atoms with Crippen molar-refractivity contribution in [2.45, 2.75) is 11.3 Å². The van der Waals surface area contributed by atoms with E-state index < -0.39 is 11.9 Å². The van der Waals surface area contributed by atoms with Gasteiger partial charge in [-0.3, -0.25) is 4.79 Å². The molecule has 0 spiro atoms. The Morgan fingerprint density at radius 3 is 2.59 bits per heavy atom. The molecule has 8 heteroatoms. The summed E-state index contributed by atoms with van der Waals surface area (Å²) in [5.41, 5.74) is 1.62. The molecule has 1 heterocycles. The molecule has 3 rings (SSSR count). The first-order valence-corrected chi connectivity index (χ1v) is 10.1. The number of para-hydroxylation sites is 1. The van der Waals surface area contributed by atoms with Gasteiger partial charge in [0.15, 0.2) is 0 Å². The third-order valence-electron chi connectivity index (χ3n) is 4.49. The number of ether oxygens (including phenoxy) is 2. The molecule has 0 radical (unpaired) electrons. The fourth-order valence-corrected chi connectivity index (χ4v) is 4.12. The van der Waals surface area contributed by atoms with Gasteiger partial charge in [0.2, 0.25) is 5.91 Å². The minimum atomic E-state index is -0.603. The highest BCUT2D eigenvalue weighted by Crippen LogP contribution is 2.33. The molecule has 0 saturated carbocycles. The second kappa shape index (κ2) is 9.47. The lowest BCUT2D eigenvalue weighted by Gasteiger charge is -2.24. The first-order valence-electron chi connectivity index (χ1n) is 9.10. The molecule has 0 atom stereocenters. The van der Waals surface area contributed by atoms with Crippen LogP contribution < -0.4 is 10.2 Å². The van der Waals surface area contributed by atoms with Crippen LogP contribution in [-0.2, 0) is 14.3 Å². The van der Waals surface area contributed by atoms with Crippen LogP contribution >= 0.6 is 11.8 Å². The van der Waals surface area contributed by atoms with Gasteiger partial charge in [-0.25, -0.2) is 9.59 Å². The van der Waals surface area contributed by atoms with Gasteiger partial charge in [-0.15, -0.1) is 11.8 Å². The van der Waals surface area contributed by atoms with Gasteiger partial charge in [0.25, 0.3) is 0 Å². The lowest BCUT2D eigenvalue weighted by molar-refractivity contribution is -0.115. The topological polar surface area (TPSA) is 84.9 Å². The highest BCUT2D eigenvalue weighted by Gasteiger charge is 2.21. The number of carbonyl (C=O) groups is 3. The van der Waals surface area contributed by atoms with E-state index >= 15 is 0 Å². The van der Waals surface area contributed by atoms with Crippen molar-refractivity contribution in [1.29, 1.82) is 0 Å². The molecule has 2 aromatic carbocycles. The second-order valence-electron chi connectivity index (χ2n) is 6.38. The lowest BCUT2D eigenvalue weighted by atomic mass is 10.1. The number of hydrogen-bond donors (Lipinski definition) is 1. The Morgan fingerprint density at radius 1 is 1.07 bits per heavy atom. The van der Waals surface area contributed by atoms with Gasteiger partial charge in [-0.1, -0.05) is 12.1 Å². The molecule has 0 unspecified atom stereocenters. The van der Waals surface area contributed by atoms with Crippen molar-refractivity contribution in [3.63, 3.8) is 0 Å². The summed E-state index contributed by atoms with van der Waals surface area (Å²) in [5.74, 6) is -0.467. The van der Waals surface area contributed by atoms with E-state index in [1.807, 2.05) is 29.2 Å². The molecule has 0 fully saturated rings. The zero-order valence-corrected chi connectivity index (χ0v) is 17.1. The smallest absolute Gasteiger partial charge is 0.339 e. The molecule has 0 bridgehead atoms. The Hall–Kier alpha value is -3.00. The molecule has 29 heavy (non-hydrogen) atoms. The van der Waals surface area contributed by atoms with Crippen LogP contribution in [0.2, 0.25) is 0 Å².